The minimum Gasteiger partial charge on any atom is -0.508 e. The van der Waals surface area contributed by atoms with Crippen molar-refractivity contribution in [2.75, 3.05) is 70.8 Å². The smallest absolute Gasteiger partial charge is 0.255 e. The molecular formula is C46H50N4O10S. The summed E-state index contributed by atoms with van der Waals surface area (Å²) in [5.41, 5.74) is 3.79. The molecule has 0 aliphatic carbocycles. The van der Waals surface area contributed by atoms with Crippen molar-refractivity contribution in [1.82, 2.24) is 15.1 Å². The van der Waals surface area contributed by atoms with Crippen LogP contribution in [0.25, 0.3) is 21.9 Å². The number of carbonyl (C=O) groups excluding carboxylic acids is 3. The van der Waals surface area contributed by atoms with Gasteiger partial charge in [0.15, 0.2) is 9.84 Å². The average Bonchev–Trinajstić information content (AvgIpc) is 3.58. The maximum Gasteiger partial charge on any atom is 0.255 e. The van der Waals surface area contributed by atoms with Gasteiger partial charge in [-0.3, -0.25) is 24.6 Å². The number of anilines is 1. The van der Waals surface area contributed by atoms with Gasteiger partial charge in [0.05, 0.1) is 31.3 Å². The Morgan fingerprint density at radius 1 is 0.836 bits per heavy atom. The molecule has 2 heterocycles. The second kappa shape index (κ2) is 19.6. The van der Waals surface area contributed by atoms with Gasteiger partial charge in [0, 0.05) is 66.6 Å². The molecular weight excluding hydrogens is 801 g/mol. The molecule has 0 bridgehead atoms. The molecule has 1 unspecified atom stereocenters. The highest BCUT2D eigenvalue weighted by Crippen LogP contribution is 2.41. The Labute approximate surface area is 355 Å². The van der Waals surface area contributed by atoms with E-state index in [2.05, 4.69) is 22.5 Å². The molecule has 0 saturated carbocycles. The van der Waals surface area contributed by atoms with Crippen LogP contribution in [0.1, 0.15) is 35.7 Å². The highest BCUT2D eigenvalue weighted by Gasteiger charge is 2.39. The lowest BCUT2D eigenvalue weighted by Crippen LogP contribution is -2.52. The molecule has 0 aromatic heterocycles. The van der Waals surface area contributed by atoms with Crippen molar-refractivity contribution in [3.63, 3.8) is 0 Å². The van der Waals surface area contributed by atoms with E-state index in [1.807, 2.05) is 48.5 Å². The van der Waals surface area contributed by atoms with Crippen molar-refractivity contribution in [3.8, 4) is 34.1 Å². The number of phenolic OH excluding ortho intramolecular Hbond substituents is 1. The molecule has 15 heteroatoms. The largest absolute Gasteiger partial charge is 0.508 e. The Hall–Kier alpha value is -6.00. The summed E-state index contributed by atoms with van der Waals surface area (Å²) in [5.74, 6) is 1.07. The number of sulfone groups is 1. The Morgan fingerprint density at radius 2 is 1.57 bits per heavy atom. The molecule has 2 aliphatic rings. The van der Waals surface area contributed by atoms with Gasteiger partial charge in [-0.05, 0) is 96.7 Å². The zero-order valence-corrected chi connectivity index (χ0v) is 35.0. The van der Waals surface area contributed by atoms with E-state index in [0.29, 0.717) is 81.9 Å². The first kappa shape index (κ1) is 43.1. The van der Waals surface area contributed by atoms with Gasteiger partial charge in [0.1, 0.15) is 35.6 Å². The number of amides is 3. The van der Waals surface area contributed by atoms with Crippen LogP contribution in [0.5, 0.6) is 23.0 Å². The normalized spacial score (nSPS) is 15.3. The van der Waals surface area contributed by atoms with Crippen LogP contribution in [0.2, 0.25) is 0 Å². The number of benzene rings is 5. The lowest BCUT2D eigenvalue weighted by atomic mass is 9.99. The Bertz CT molecular complexity index is 2480. The fourth-order valence-corrected chi connectivity index (χ4v) is 8.11. The molecule has 2 aliphatic heterocycles. The molecule has 0 radical (unpaired) electrons. The number of likely N-dealkylation sites (N-methyl/N-ethyl adjacent to an activating group) is 1. The van der Waals surface area contributed by atoms with E-state index in [4.69, 9.17) is 18.9 Å². The SMILES string of the molecule is CCN(CCOCCOCCNc1cccc2c1CN(C1CCC(=O)NC1=O)C2=O)CCOc1ccc(Oc2c(-c3ccc(S(C)(=O)=O)cc3)ccc3cc(O)ccc23)cc1. The zero-order chi connectivity index (χ0) is 42.9. The number of nitrogens with zero attached hydrogens (tertiary/aromatic N) is 2. The quantitative estimate of drug-likeness (QED) is 0.0616. The standard InChI is InChI=1S/C46H50N4O10S/c1-3-49(22-25-58-28-27-57-24-21-47-41-6-4-5-39-40(41)30-50(46(39)54)42-19-20-43(52)48-45(42)53)23-26-59-34-11-13-35(14-12-34)60-44-37(17-9-32-29-33(51)10-18-38(32)44)31-7-15-36(16-8-31)61(2,55)56/h4-18,29,42,47,51H,3,19-28,30H2,1-2H3,(H,48,52,53). The summed E-state index contributed by atoms with van der Waals surface area (Å²) in [5, 5.41) is 17.4. The number of hydrogen-bond acceptors (Lipinski definition) is 12. The summed E-state index contributed by atoms with van der Waals surface area (Å²) in [7, 11) is -3.34. The first-order chi connectivity index (χ1) is 29.5. The molecule has 320 valence electrons. The molecule has 3 amide bonds. The second-order valence-corrected chi connectivity index (χ2v) is 16.9. The summed E-state index contributed by atoms with van der Waals surface area (Å²) in [4.78, 5) is 41.1. The minimum atomic E-state index is -3.34. The molecule has 1 fully saturated rings. The van der Waals surface area contributed by atoms with E-state index in [1.54, 1.807) is 53.4 Å². The molecule has 14 nitrogen and oxygen atoms in total. The third-order valence-corrected chi connectivity index (χ3v) is 11.9. The number of phenols is 1. The number of ether oxygens (including phenoxy) is 4. The summed E-state index contributed by atoms with van der Waals surface area (Å²) < 4.78 is 48.2. The number of carbonyl (C=O) groups is 3. The number of hydrogen-bond donors (Lipinski definition) is 3. The Kier molecular flexibility index (Phi) is 13.8. The highest BCUT2D eigenvalue weighted by molar-refractivity contribution is 7.90. The third kappa shape index (κ3) is 10.7. The van der Waals surface area contributed by atoms with E-state index >= 15 is 0 Å². The van der Waals surface area contributed by atoms with Crippen LogP contribution in [0.15, 0.2) is 102 Å². The Balaban J connectivity index is 0.810. The van der Waals surface area contributed by atoms with Crippen molar-refractivity contribution in [2.24, 2.45) is 0 Å². The van der Waals surface area contributed by atoms with Gasteiger partial charge in [0.2, 0.25) is 11.8 Å². The molecule has 0 spiro atoms. The lowest BCUT2D eigenvalue weighted by Gasteiger charge is -2.29. The van der Waals surface area contributed by atoms with Crippen molar-refractivity contribution < 1.29 is 46.9 Å². The molecule has 61 heavy (non-hydrogen) atoms. The monoisotopic (exact) mass is 850 g/mol. The number of imide groups is 1. The summed E-state index contributed by atoms with van der Waals surface area (Å²) in [6.07, 6.45) is 1.72. The predicted molar refractivity (Wildman–Crippen MR) is 231 cm³/mol. The summed E-state index contributed by atoms with van der Waals surface area (Å²) in [6, 6.07) is 27.8. The topological polar surface area (TPSA) is 173 Å². The summed E-state index contributed by atoms with van der Waals surface area (Å²) in [6.45, 7) is 7.60. The van der Waals surface area contributed by atoms with E-state index in [-0.39, 0.29) is 28.9 Å². The van der Waals surface area contributed by atoms with Gasteiger partial charge in [-0.1, -0.05) is 31.2 Å². The Morgan fingerprint density at radius 3 is 2.31 bits per heavy atom. The molecule has 1 saturated heterocycles. The van der Waals surface area contributed by atoms with E-state index in [1.165, 1.54) is 6.26 Å². The number of nitrogens with one attached hydrogen (secondary N) is 2. The molecule has 1 atom stereocenters. The van der Waals surface area contributed by atoms with Gasteiger partial charge in [-0.25, -0.2) is 8.42 Å². The molecule has 7 rings (SSSR count). The van der Waals surface area contributed by atoms with Crippen molar-refractivity contribution in [1.29, 1.82) is 0 Å². The average molecular weight is 851 g/mol. The fourth-order valence-electron chi connectivity index (χ4n) is 7.47. The molecule has 5 aromatic rings. The van der Waals surface area contributed by atoms with Gasteiger partial charge < -0.3 is 34.3 Å². The van der Waals surface area contributed by atoms with Crippen molar-refractivity contribution >= 4 is 44.0 Å². The number of piperidine rings is 1. The van der Waals surface area contributed by atoms with Crippen LogP contribution >= 0.6 is 0 Å². The maximum absolute atomic E-state index is 13.1. The van der Waals surface area contributed by atoms with E-state index in [9.17, 15) is 27.9 Å². The maximum atomic E-state index is 13.1. The fraction of sp³-hybridized carbons (Fsp3) is 0.326. The van der Waals surface area contributed by atoms with Crippen LogP contribution in [0, 0.1) is 0 Å². The van der Waals surface area contributed by atoms with Gasteiger partial charge in [-0.15, -0.1) is 0 Å². The predicted octanol–water partition coefficient (Wildman–Crippen LogP) is 6.02. The van der Waals surface area contributed by atoms with Crippen LogP contribution in [0.3, 0.4) is 0 Å². The number of fused-ring (bicyclic) bond motifs is 2. The van der Waals surface area contributed by atoms with E-state index < -0.39 is 21.8 Å². The van der Waals surface area contributed by atoms with Crippen LogP contribution in [-0.2, 0) is 35.4 Å². The van der Waals surface area contributed by atoms with Crippen molar-refractivity contribution in [2.45, 2.75) is 37.2 Å². The van der Waals surface area contributed by atoms with Crippen LogP contribution in [0.4, 0.5) is 5.69 Å². The summed E-state index contributed by atoms with van der Waals surface area (Å²) >= 11 is 0. The second-order valence-electron chi connectivity index (χ2n) is 14.9. The van der Waals surface area contributed by atoms with Crippen LogP contribution in [-0.4, -0.2) is 113 Å². The lowest BCUT2D eigenvalue weighted by molar-refractivity contribution is -0.136. The van der Waals surface area contributed by atoms with Gasteiger partial charge in [-0.2, -0.15) is 0 Å². The van der Waals surface area contributed by atoms with Gasteiger partial charge in [0.25, 0.3) is 5.91 Å². The van der Waals surface area contributed by atoms with Gasteiger partial charge >= 0.3 is 0 Å². The number of aromatic hydroxyl groups is 1. The highest BCUT2D eigenvalue weighted by atomic mass is 32.2. The first-order valence-corrected chi connectivity index (χ1v) is 22.2. The molecule has 5 aromatic carbocycles. The molecule has 3 N–H and O–H groups in total. The first-order valence-electron chi connectivity index (χ1n) is 20.3. The van der Waals surface area contributed by atoms with Crippen molar-refractivity contribution in [3.05, 3.63) is 108 Å². The minimum absolute atomic E-state index is 0.143. The third-order valence-electron chi connectivity index (χ3n) is 10.8. The zero-order valence-electron chi connectivity index (χ0n) is 34.2. The van der Waals surface area contributed by atoms with Crippen LogP contribution < -0.4 is 20.1 Å². The van der Waals surface area contributed by atoms with E-state index in [0.717, 1.165) is 46.2 Å². The number of rotatable bonds is 20.